The maximum absolute atomic E-state index is 12.3. The number of rotatable bonds is 5. The molecule has 0 radical (unpaired) electrons. The fourth-order valence-corrected chi connectivity index (χ4v) is 2.86. The van der Waals surface area contributed by atoms with Crippen LogP contribution in [0.5, 0.6) is 5.75 Å². The number of aromatic nitrogens is 2. The Morgan fingerprint density at radius 1 is 1.43 bits per heavy atom. The van der Waals surface area contributed by atoms with Gasteiger partial charge in [-0.05, 0) is 26.0 Å². The molecular weight excluding hydrogens is 284 g/mol. The molecule has 108 valence electrons. The molecule has 3 aromatic rings. The second kappa shape index (κ2) is 5.69. The first-order valence-corrected chi connectivity index (χ1v) is 7.71. The van der Waals surface area contributed by atoms with Crippen molar-refractivity contribution in [2.24, 2.45) is 0 Å². The van der Waals surface area contributed by atoms with Crippen molar-refractivity contribution in [1.29, 1.82) is 0 Å². The van der Waals surface area contributed by atoms with Crippen molar-refractivity contribution in [1.82, 2.24) is 9.38 Å². The zero-order valence-electron chi connectivity index (χ0n) is 11.9. The Bertz CT molecular complexity index is 745. The van der Waals surface area contributed by atoms with Gasteiger partial charge in [-0.3, -0.25) is 9.20 Å². The normalized spacial score (nSPS) is 11.2. The summed E-state index contributed by atoms with van der Waals surface area (Å²) in [5, 5.41) is 1.97. The van der Waals surface area contributed by atoms with E-state index >= 15 is 0 Å². The number of Topliss-reactive ketones (excluding diaryl/α,β-unsaturated/α-hetero) is 1. The largest absolute Gasteiger partial charge is 0.491 e. The Morgan fingerprint density at radius 2 is 2.29 bits per heavy atom. The van der Waals surface area contributed by atoms with Crippen LogP contribution in [0.4, 0.5) is 0 Å². The third-order valence-electron chi connectivity index (χ3n) is 3.01. The van der Waals surface area contributed by atoms with E-state index in [1.807, 2.05) is 54.2 Å². The van der Waals surface area contributed by atoms with Gasteiger partial charge < -0.3 is 4.74 Å². The van der Waals surface area contributed by atoms with Gasteiger partial charge >= 0.3 is 0 Å². The lowest BCUT2D eigenvalue weighted by atomic mass is 10.1. The predicted molar refractivity (Wildman–Crippen MR) is 83.3 cm³/mol. The first kappa shape index (κ1) is 13.8. The number of imidazole rings is 1. The molecule has 0 saturated carbocycles. The molecule has 0 amide bonds. The smallest absolute Gasteiger partial charge is 0.193 e. The number of benzene rings is 1. The Kier molecular flexibility index (Phi) is 3.75. The number of nitrogens with zero attached hydrogens (tertiary/aromatic N) is 2. The Balaban J connectivity index is 1.77. The van der Waals surface area contributed by atoms with Crippen molar-refractivity contribution in [2.75, 3.05) is 0 Å². The SMILES string of the molecule is CC(C)Oc1cccc(C(=O)Cc2cn3ccsc3n2)c1. The third kappa shape index (κ3) is 3.13. The monoisotopic (exact) mass is 300 g/mol. The van der Waals surface area contributed by atoms with Crippen LogP contribution in [0.15, 0.2) is 42.0 Å². The van der Waals surface area contributed by atoms with E-state index in [0.29, 0.717) is 12.0 Å². The number of ether oxygens (including phenoxy) is 1. The van der Waals surface area contributed by atoms with Gasteiger partial charge in [-0.2, -0.15) is 0 Å². The predicted octanol–water partition coefficient (Wildman–Crippen LogP) is 3.61. The summed E-state index contributed by atoms with van der Waals surface area (Å²) in [6.07, 6.45) is 4.24. The third-order valence-corrected chi connectivity index (χ3v) is 3.78. The zero-order chi connectivity index (χ0) is 14.8. The van der Waals surface area contributed by atoms with Crippen LogP contribution in [0, 0.1) is 0 Å². The van der Waals surface area contributed by atoms with Crippen molar-refractivity contribution in [3.05, 3.63) is 53.3 Å². The molecule has 4 nitrogen and oxygen atoms in total. The molecule has 1 aromatic carbocycles. The van der Waals surface area contributed by atoms with E-state index in [9.17, 15) is 4.79 Å². The lowest BCUT2D eigenvalue weighted by molar-refractivity contribution is 0.0991. The van der Waals surface area contributed by atoms with Gasteiger partial charge in [0.15, 0.2) is 10.7 Å². The molecule has 0 fully saturated rings. The lowest BCUT2D eigenvalue weighted by Crippen LogP contribution is -2.08. The summed E-state index contributed by atoms with van der Waals surface area (Å²) in [6, 6.07) is 7.31. The number of thiazole rings is 1. The average molecular weight is 300 g/mol. The highest BCUT2D eigenvalue weighted by molar-refractivity contribution is 7.15. The highest BCUT2D eigenvalue weighted by Gasteiger charge is 2.11. The Labute approximate surface area is 127 Å². The van der Waals surface area contributed by atoms with Gasteiger partial charge in [0.25, 0.3) is 0 Å². The van der Waals surface area contributed by atoms with E-state index in [2.05, 4.69) is 4.98 Å². The second-order valence-corrected chi connectivity index (χ2v) is 5.99. The minimum atomic E-state index is 0.0509. The van der Waals surface area contributed by atoms with Gasteiger partial charge in [0.2, 0.25) is 0 Å². The van der Waals surface area contributed by atoms with Gasteiger partial charge in [0.05, 0.1) is 18.2 Å². The van der Waals surface area contributed by atoms with E-state index in [0.717, 1.165) is 16.4 Å². The molecule has 2 heterocycles. The Morgan fingerprint density at radius 3 is 3.05 bits per heavy atom. The number of carbonyl (C=O) groups excluding carboxylic acids is 1. The highest BCUT2D eigenvalue weighted by atomic mass is 32.1. The van der Waals surface area contributed by atoms with Crippen LogP contribution in [0.3, 0.4) is 0 Å². The molecule has 21 heavy (non-hydrogen) atoms. The molecule has 0 N–H and O–H groups in total. The fourth-order valence-electron chi connectivity index (χ4n) is 2.14. The first-order valence-electron chi connectivity index (χ1n) is 6.83. The van der Waals surface area contributed by atoms with E-state index in [4.69, 9.17) is 4.74 Å². The highest BCUT2D eigenvalue weighted by Crippen LogP contribution is 2.17. The van der Waals surface area contributed by atoms with Crippen LogP contribution in [-0.2, 0) is 6.42 Å². The van der Waals surface area contributed by atoms with Crippen LogP contribution >= 0.6 is 11.3 Å². The summed E-state index contributed by atoms with van der Waals surface area (Å²) in [5.41, 5.74) is 1.45. The quantitative estimate of drug-likeness (QED) is 0.676. The molecule has 5 heteroatoms. The molecule has 0 unspecified atom stereocenters. The standard InChI is InChI=1S/C16H16N2O2S/c1-11(2)20-14-5-3-4-12(8-14)15(19)9-13-10-18-6-7-21-16(18)17-13/h3-8,10-11H,9H2,1-2H3. The summed E-state index contributed by atoms with van der Waals surface area (Å²) >= 11 is 1.56. The number of carbonyl (C=O) groups is 1. The topological polar surface area (TPSA) is 43.6 Å². The number of ketones is 1. The molecule has 0 saturated heterocycles. The van der Waals surface area contributed by atoms with Gasteiger partial charge in [0, 0.05) is 23.3 Å². The number of hydrogen-bond acceptors (Lipinski definition) is 4. The summed E-state index contributed by atoms with van der Waals surface area (Å²) in [6.45, 7) is 3.93. The molecule has 0 atom stereocenters. The Hall–Kier alpha value is -2.14. The lowest BCUT2D eigenvalue weighted by Gasteiger charge is -2.10. The van der Waals surface area contributed by atoms with Crippen molar-refractivity contribution in [3.63, 3.8) is 0 Å². The van der Waals surface area contributed by atoms with E-state index in [-0.39, 0.29) is 11.9 Å². The average Bonchev–Trinajstić information content (AvgIpc) is 2.99. The fraction of sp³-hybridized carbons (Fsp3) is 0.250. The minimum Gasteiger partial charge on any atom is -0.491 e. The molecule has 0 spiro atoms. The van der Waals surface area contributed by atoms with Crippen LogP contribution in [0.25, 0.3) is 4.96 Å². The summed E-state index contributed by atoms with van der Waals surface area (Å²) < 4.78 is 7.56. The molecule has 0 aliphatic heterocycles. The first-order chi connectivity index (χ1) is 10.1. The van der Waals surface area contributed by atoms with Crippen LogP contribution in [0.2, 0.25) is 0 Å². The van der Waals surface area contributed by atoms with Crippen molar-refractivity contribution >= 4 is 22.1 Å². The molecule has 0 aliphatic rings. The molecule has 0 bridgehead atoms. The van der Waals surface area contributed by atoms with Gasteiger partial charge in [0.1, 0.15) is 5.75 Å². The van der Waals surface area contributed by atoms with Crippen LogP contribution in [-0.4, -0.2) is 21.3 Å². The second-order valence-electron chi connectivity index (χ2n) is 5.12. The van der Waals surface area contributed by atoms with Gasteiger partial charge in [-0.15, -0.1) is 11.3 Å². The number of fused-ring (bicyclic) bond motifs is 1. The van der Waals surface area contributed by atoms with Crippen molar-refractivity contribution in [3.8, 4) is 5.75 Å². The zero-order valence-corrected chi connectivity index (χ0v) is 12.8. The van der Waals surface area contributed by atoms with Crippen LogP contribution < -0.4 is 4.74 Å². The maximum Gasteiger partial charge on any atom is 0.193 e. The molecule has 0 aliphatic carbocycles. The van der Waals surface area contributed by atoms with E-state index < -0.39 is 0 Å². The van der Waals surface area contributed by atoms with Gasteiger partial charge in [-0.25, -0.2) is 4.98 Å². The summed E-state index contributed by atoms with van der Waals surface area (Å²) in [5.74, 6) is 0.775. The maximum atomic E-state index is 12.3. The van der Waals surface area contributed by atoms with E-state index in [1.165, 1.54) is 0 Å². The van der Waals surface area contributed by atoms with E-state index in [1.54, 1.807) is 17.4 Å². The minimum absolute atomic E-state index is 0.0509. The van der Waals surface area contributed by atoms with Crippen LogP contribution in [0.1, 0.15) is 29.9 Å². The van der Waals surface area contributed by atoms with Crippen molar-refractivity contribution < 1.29 is 9.53 Å². The molecule has 3 rings (SSSR count). The molecular formula is C16H16N2O2S. The number of hydrogen-bond donors (Lipinski definition) is 0. The summed E-state index contributed by atoms with van der Waals surface area (Å²) in [7, 11) is 0. The summed E-state index contributed by atoms with van der Waals surface area (Å²) in [4.78, 5) is 17.7. The molecule has 2 aromatic heterocycles. The van der Waals surface area contributed by atoms with Crippen molar-refractivity contribution in [2.45, 2.75) is 26.4 Å². The van der Waals surface area contributed by atoms with Gasteiger partial charge in [-0.1, -0.05) is 12.1 Å².